The van der Waals surface area contributed by atoms with Crippen molar-refractivity contribution in [2.24, 2.45) is 5.18 Å². The summed E-state index contributed by atoms with van der Waals surface area (Å²) in [4.78, 5) is 33.7. The lowest BCUT2D eigenvalue weighted by Gasteiger charge is -2.12. The maximum atomic E-state index is 12.0. The largest absolute Gasteiger partial charge is 0.480 e. The molecule has 1 unspecified atom stereocenters. The number of carbonyl (C=O) groups excluding carboxylic acids is 1. The highest BCUT2D eigenvalue weighted by Crippen LogP contribution is 2.22. The minimum atomic E-state index is -1.44. The molecule has 0 saturated heterocycles. The van der Waals surface area contributed by atoms with Gasteiger partial charge in [-0.2, -0.15) is 0 Å². The number of benzene rings is 2. The Balaban J connectivity index is 2.11. The second-order valence-electron chi connectivity index (χ2n) is 4.55. The first-order chi connectivity index (χ1) is 10.6. The standard InChI is InChI=1S/C16H13NO5/c18-15(19)14(12-6-8-13(17-21)9-7-12)16(20)22-10-11-4-2-1-3-5-11/h1-9,14H,10H2,(H,18,19). The van der Waals surface area contributed by atoms with E-state index in [9.17, 15) is 19.6 Å². The Hall–Kier alpha value is -3.02. The molecule has 1 atom stereocenters. The summed E-state index contributed by atoms with van der Waals surface area (Å²) < 4.78 is 5.06. The molecule has 6 heteroatoms. The topological polar surface area (TPSA) is 93.0 Å². The molecule has 0 aliphatic heterocycles. The van der Waals surface area contributed by atoms with Gasteiger partial charge in [-0.1, -0.05) is 42.5 Å². The zero-order valence-corrected chi connectivity index (χ0v) is 11.5. The van der Waals surface area contributed by atoms with Gasteiger partial charge < -0.3 is 9.84 Å². The summed E-state index contributed by atoms with van der Waals surface area (Å²) in [5, 5.41) is 12.0. The number of nitrogens with zero attached hydrogens (tertiary/aromatic N) is 1. The average Bonchev–Trinajstić information content (AvgIpc) is 2.54. The number of rotatable bonds is 6. The van der Waals surface area contributed by atoms with E-state index in [1.54, 1.807) is 24.3 Å². The van der Waals surface area contributed by atoms with Crippen LogP contribution in [0.2, 0.25) is 0 Å². The SMILES string of the molecule is O=Nc1ccc(C(C(=O)O)C(=O)OCc2ccccc2)cc1. The van der Waals surface area contributed by atoms with Crippen LogP contribution in [0.15, 0.2) is 59.8 Å². The predicted molar refractivity (Wildman–Crippen MR) is 78.5 cm³/mol. The van der Waals surface area contributed by atoms with E-state index in [-0.39, 0.29) is 17.9 Å². The number of carbonyl (C=O) groups is 2. The molecule has 0 radical (unpaired) electrons. The van der Waals surface area contributed by atoms with Crippen LogP contribution in [0, 0.1) is 4.91 Å². The van der Waals surface area contributed by atoms with Crippen molar-refractivity contribution in [3.05, 3.63) is 70.6 Å². The highest BCUT2D eigenvalue weighted by molar-refractivity contribution is 6.00. The first-order valence-electron chi connectivity index (χ1n) is 6.48. The van der Waals surface area contributed by atoms with E-state index in [4.69, 9.17) is 4.74 Å². The average molecular weight is 299 g/mol. The highest BCUT2D eigenvalue weighted by atomic mass is 16.5. The van der Waals surface area contributed by atoms with Crippen molar-refractivity contribution >= 4 is 17.6 Å². The van der Waals surface area contributed by atoms with Crippen molar-refractivity contribution in [1.82, 2.24) is 0 Å². The third-order valence-corrected chi connectivity index (χ3v) is 3.04. The smallest absolute Gasteiger partial charge is 0.325 e. The number of carboxylic acid groups (broad SMARTS) is 1. The molecule has 2 aromatic carbocycles. The van der Waals surface area contributed by atoms with Crippen molar-refractivity contribution in [1.29, 1.82) is 0 Å². The van der Waals surface area contributed by atoms with E-state index in [2.05, 4.69) is 5.18 Å². The Kier molecular flexibility index (Phi) is 4.98. The molecule has 2 aromatic rings. The monoisotopic (exact) mass is 299 g/mol. The van der Waals surface area contributed by atoms with Crippen LogP contribution < -0.4 is 0 Å². The Labute approximate surface area is 126 Å². The molecule has 0 heterocycles. The maximum absolute atomic E-state index is 12.0. The van der Waals surface area contributed by atoms with Crippen molar-refractivity contribution < 1.29 is 19.4 Å². The summed E-state index contributed by atoms with van der Waals surface area (Å²) in [6.07, 6.45) is 0. The predicted octanol–water partition coefficient (Wildman–Crippen LogP) is 3.00. The van der Waals surface area contributed by atoms with Crippen molar-refractivity contribution in [2.75, 3.05) is 0 Å². The quantitative estimate of drug-likeness (QED) is 0.503. The second kappa shape index (κ2) is 7.12. The van der Waals surface area contributed by atoms with Gasteiger partial charge in [0.1, 0.15) is 12.3 Å². The van der Waals surface area contributed by atoms with Crippen LogP contribution in [0.3, 0.4) is 0 Å². The van der Waals surface area contributed by atoms with Gasteiger partial charge in [-0.25, -0.2) is 0 Å². The van der Waals surface area contributed by atoms with Gasteiger partial charge in [0.15, 0.2) is 5.92 Å². The molecular formula is C16H13NO5. The zero-order chi connectivity index (χ0) is 15.9. The molecule has 0 fully saturated rings. The van der Waals surface area contributed by atoms with E-state index < -0.39 is 17.9 Å². The Morgan fingerprint density at radius 3 is 2.23 bits per heavy atom. The van der Waals surface area contributed by atoms with Gasteiger partial charge in [0, 0.05) is 0 Å². The number of aliphatic carboxylic acids is 1. The molecule has 1 N–H and O–H groups in total. The minimum Gasteiger partial charge on any atom is -0.480 e. The number of esters is 1. The summed E-state index contributed by atoms with van der Waals surface area (Å²) in [6.45, 7) is -0.00255. The first kappa shape index (κ1) is 15.4. The van der Waals surface area contributed by atoms with Gasteiger partial charge in [-0.15, -0.1) is 4.91 Å². The molecule has 0 aromatic heterocycles. The van der Waals surface area contributed by atoms with Crippen LogP contribution in [0.5, 0.6) is 0 Å². The van der Waals surface area contributed by atoms with Crippen LogP contribution >= 0.6 is 0 Å². The van der Waals surface area contributed by atoms with Gasteiger partial charge in [-0.3, -0.25) is 9.59 Å². The van der Waals surface area contributed by atoms with Gasteiger partial charge >= 0.3 is 11.9 Å². The number of hydrogen-bond donors (Lipinski definition) is 1. The van der Waals surface area contributed by atoms with E-state index >= 15 is 0 Å². The van der Waals surface area contributed by atoms with Crippen LogP contribution in [-0.4, -0.2) is 17.0 Å². The molecule has 0 spiro atoms. The molecule has 6 nitrogen and oxygen atoms in total. The second-order valence-corrected chi connectivity index (χ2v) is 4.55. The molecule has 0 amide bonds. The van der Waals surface area contributed by atoms with Crippen LogP contribution in [0.4, 0.5) is 5.69 Å². The molecule has 0 aliphatic carbocycles. The lowest BCUT2D eigenvalue weighted by Crippen LogP contribution is -2.23. The number of ether oxygens (including phenoxy) is 1. The fraction of sp³-hybridized carbons (Fsp3) is 0.125. The molecule has 112 valence electrons. The zero-order valence-electron chi connectivity index (χ0n) is 11.5. The first-order valence-corrected chi connectivity index (χ1v) is 6.48. The van der Waals surface area contributed by atoms with Crippen LogP contribution in [0.1, 0.15) is 17.0 Å². The fourth-order valence-electron chi connectivity index (χ4n) is 1.92. The van der Waals surface area contributed by atoms with E-state index in [0.29, 0.717) is 0 Å². The molecule has 0 aliphatic rings. The summed E-state index contributed by atoms with van der Waals surface area (Å²) in [7, 11) is 0. The summed E-state index contributed by atoms with van der Waals surface area (Å²) in [6, 6.07) is 14.4. The number of nitroso groups, excluding NO2 is 1. The Bertz CT molecular complexity index is 667. The van der Waals surface area contributed by atoms with Crippen molar-refractivity contribution in [2.45, 2.75) is 12.5 Å². The fourth-order valence-corrected chi connectivity index (χ4v) is 1.92. The Morgan fingerprint density at radius 2 is 1.68 bits per heavy atom. The van der Waals surface area contributed by atoms with E-state index in [1.807, 2.05) is 6.07 Å². The van der Waals surface area contributed by atoms with Crippen molar-refractivity contribution in [3.63, 3.8) is 0 Å². The van der Waals surface area contributed by atoms with Gasteiger partial charge in [0.2, 0.25) is 0 Å². The Morgan fingerprint density at radius 1 is 1.05 bits per heavy atom. The van der Waals surface area contributed by atoms with Crippen LogP contribution in [0.25, 0.3) is 0 Å². The third kappa shape index (κ3) is 3.76. The maximum Gasteiger partial charge on any atom is 0.325 e. The minimum absolute atomic E-state index is 0.00255. The van der Waals surface area contributed by atoms with Crippen molar-refractivity contribution in [3.8, 4) is 0 Å². The number of carboxylic acids is 1. The lowest BCUT2D eigenvalue weighted by molar-refractivity contribution is -0.155. The summed E-state index contributed by atoms with van der Waals surface area (Å²) in [5.74, 6) is -3.61. The number of hydrogen-bond acceptors (Lipinski definition) is 5. The summed E-state index contributed by atoms with van der Waals surface area (Å²) >= 11 is 0. The molecule has 0 saturated carbocycles. The van der Waals surface area contributed by atoms with E-state index in [1.165, 1.54) is 24.3 Å². The van der Waals surface area contributed by atoms with Gasteiger partial charge in [-0.05, 0) is 28.4 Å². The normalized spacial score (nSPS) is 11.5. The van der Waals surface area contributed by atoms with Gasteiger partial charge in [0.25, 0.3) is 0 Å². The third-order valence-electron chi connectivity index (χ3n) is 3.04. The lowest BCUT2D eigenvalue weighted by atomic mass is 9.99. The highest BCUT2D eigenvalue weighted by Gasteiger charge is 2.29. The molecular weight excluding hydrogens is 286 g/mol. The van der Waals surface area contributed by atoms with Crippen LogP contribution in [-0.2, 0) is 20.9 Å². The summed E-state index contributed by atoms with van der Waals surface area (Å²) in [5.41, 5.74) is 1.16. The molecule has 0 bridgehead atoms. The van der Waals surface area contributed by atoms with E-state index in [0.717, 1.165) is 5.56 Å². The van der Waals surface area contributed by atoms with Gasteiger partial charge in [0.05, 0.1) is 0 Å². The molecule has 22 heavy (non-hydrogen) atoms. The molecule has 2 rings (SSSR count).